The third kappa shape index (κ3) is 2.61. The molecule has 0 N–H and O–H groups in total. The highest BCUT2D eigenvalue weighted by Crippen LogP contribution is 2.72. The van der Waals surface area contributed by atoms with Gasteiger partial charge in [0.1, 0.15) is 5.78 Å². The minimum absolute atomic E-state index is 0.384. The van der Waals surface area contributed by atoms with Crippen molar-refractivity contribution in [3.63, 3.8) is 0 Å². The Bertz CT molecular complexity index is 492. The normalized spacial score (nSPS) is 43.9. The molecule has 1 nitrogen and oxygen atoms in total. The number of carbonyl (C=O) groups excluding carboxylic acids is 1. The van der Waals surface area contributed by atoms with E-state index in [1.807, 2.05) is 6.92 Å². The molecular formula is C23H36O. The topological polar surface area (TPSA) is 17.1 Å². The molecule has 24 heavy (non-hydrogen) atoms. The Labute approximate surface area is 148 Å². The van der Waals surface area contributed by atoms with Crippen LogP contribution in [0.25, 0.3) is 0 Å². The van der Waals surface area contributed by atoms with Crippen LogP contribution in [-0.2, 0) is 4.79 Å². The van der Waals surface area contributed by atoms with Gasteiger partial charge in [-0.15, -0.1) is 0 Å². The van der Waals surface area contributed by atoms with E-state index in [2.05, 4.69) is 19.1 Å². The van der Waals surface area contributed by atoms with Crippen molar-refractivity contribution in [3.8, 4) is 0 Å². The smallest absolute Gasteiger partial charge is 0.133 e. The molecule has 0 radical (unpaired) electrons. The number of carbonyl (C=O) groups is 1. The first-order valence-electron chi connectivity index (χ1n) is 10.9. The summed E-state index contributed by atoms with van der Waals surface area (Å²) in [5.41, 5.74) is 0. The van der Waals surface area contributed by atoms with Crippen LogP contribution >= 0.6 is 0 Å². The summed E-state index contributed by atoms with van der Waals surface area (Å²) in [7, 11) is 0. The monoisotopic (exact) mass is 328 g/mol. The highest BCUT2D eigenvalue weighted by molar-refractivity contribution is 5.80. The summed E-state index contributed by atoms with van der Waals surface area (Å²) in [6.45, 7) is 4.15. The lowest BCUT2D eigenvalue weighted by Gasteiger charge is -2.59. The molecule has 0 heterocycles. The van der Waals surface area contributed by atoms with E-state index < -0.39 is 0 Å². The lowest BCUT2D eigenvalue weighted by Crippen LogP contribution is -2.56. The van der Waals surface area contributed by atoms with Gasteiger partial charge >= 0.3 is 0 Å². The van der Waals surface area contributed by atoms with Crippen LogP contribution in [0.2, 0.25) is 0 Å². The first-order chi connectivity index (χ1) is 11.7. The molecule has 0 aromatic carbocycles. The van der Waals surface area contributed by atoms with Gasteiger partial charge in [0.15, 0.2) is 0 Å². The minimum Gasteiger partial charge on any atom is -0.300 e. The van der Waals surface area contributed by atoms with E-state index in [-0.39, 0.29) is 0 Å². The maximum Gasteiger partial charge on any atom is 0.133 e. The van der Waals surface area contributed by atoms with Crippen molar-refractivity contribution in [1.82, 2.24) is 0 Å². The molecule has 5 aliphatic rings. The highest BCUT2D eigenvalue weighted by atomic mass is 16.1. The molecule has 0 spiro atoms. The van der Waals surface area contributed by atoms with Crippen LogP contribution in [0.4, 0.5) is 0 Å². The number of rotatable bonds is 10. The first-order valence-corrected chi connectivity index (χ1v) is 10.9. The lowest BCUT2D eigenvalue weighted by atomic mass is 9.45. The van der Waals surface area contributed by atoms with E-state index in [4.69, 9.17) is 0 Å². The van der Waals surface area contributed by atoms with Gasteiger partial charge in [-0.05, 0) is 61.2 Å². The molecule has 134 valence electrons. The van der Waals surface area contributed by atoms with Crippen LogP contribution in [0.5, 0.6) is 0 Å². The fourth-order valence-corrected chi connectivity index (χ4v) is 7.35. The number of hydrogen-bond acceptors (Lipinski definition) is 1. The molecule has 0 aromatic rings. The fraction of sp³-hybridized carbons (Fsp3) is 0.870. The van der Waals surface area contributed by atoms with E-state index in [0.717, 1.165) is 29.6 Å². The number of unbranched alkanes of at least 4 members (excludes halogenated alkanes) is 7. The van der Waals surface area contributed by atoms with Gasteiger partial charge in [0.2, 0.25) is 0 Å². The number of hydrogen-bond donors (Lipinski definition) is 0. The zero-order valence-corrected chi connectivity index (χ0v) is 15.8. The lowest BCUT2D eigenvalue weighted by molar-refractivity contribution is -0.134. The van der Waals surface area contributed by atoms with Gasteiger partial charge in [-0.2, -0.15) is 0 Å². The summed E-state index contributed by atoms with van der Waals surface area (Å²) in [5.74, 6) is 6.75. The molecule has 4 bridgehead atoms. The van der Waals surface area contributed by atoms with Crippen molar-refractivity contribution < 1.29 is 4.79 Å². The van der Waals surface area contributed by atoms with Crippen LogP contribution in [-0.4, -0.2) is 5.78 Å². The van der Waals surface area contributed by atoms with Gasteiger partial charge in [-0.3, -0.25) is 4.79 Å². The molecule has 0 aliphatic heterocycles. The molecule has 0 saturated heterocycles. The Morgan fingerprint density at radius 1 is 0.875 bits per heavy atom. The van der Waals surface area contributed by atoms with Crippen molar-refractivity contribution in [3.05, 3.63) is 12.2 Å². The molecule has 1 heteroatoms. The van der Waals surface area contributed by atoms with E-state index in [0.29, 0.717) is 23.5 Å². The zero-order chi connectivity index (χ0) is 16.7. The largest absolute Gasteiger partial charge is 0.300 e. The SMILES string of the molecule is CCCCCCCCCC[C@@H]1[C@@H]2C[C@H]3[C@@H]4C=C[C@@H]([C@@H]3C(C)=O)[C@@H]1[C@H]42. The quantitative estimate of drug-likeness (QED) is 0.353. The van der Waals surface area contributed by atoms with E-state index >= 15 is 0 Å². The van der Waals surface area contributed by atoms with Gasteiger partial charge in [-0.25, -0.2) is 0 Å². The first kappa shape index (κ1) is 16.9. The maximum atomic E-state index is 12.2. The van der Waals surface area contributed by atoms with Crippen LogP contribution in [0.3, 0.4) is 0 Å². The Hall–Kier alpha value is -0.590. The summed E-state index contributed by atoms with van der Waals surface area (Å²) in [5, 5.41) is 0. The second-order valence-corrected chi connectivity index (χ2v) is 9.32. The summed E-state index contributed by atoms with van der Waals surface area (Å²) >= 11 is 0. The molecule has 0 unspecified atom stereocenters. The minimum atomic E-state index is 0.384. The standard InChI is InChI=1S/C23H36O/c1-3-4-5-6-7-8-9-10-11-16-20-14-19-17-12-13-18(21(19)15(2)24)22(16)23(17)20/h12-13,16-23H,3-11,14H2,1-2H3/t16-,17+,18+,19+,20+,21+,22-,23-/m1/s1. The highest BCUT2D eigenvalue weighted by Gasteiger charge is 2.68. The second-order valence-electron chi connectivity index (χ2n) is 9.32. The van der Waals surface area contributed by atoms with Crippen molar-refractivity contribution >= 4 is 5.78 Å². The average molecular weight is 329 g/mol. The molecule has 5 rings (SSSR count). The molecule has 5 aliphatic carbocycles. The Kier molecular flexibility index (Phi) is 4.89. The van der Waals surface area contributed by atoms with Crippen LogP contribution in [0.1, 0.15) is 78.1 Å². The number of allylic oxidation sites excluding steroid dienone is 2. The molecular weight excluding hydrogens is 292 g/mol. The van der Waals surface area contributed by atoms with Crippen molar-refractivity contribution in [2.75, 3.05) is 0 Å². The van der Waals surface area contributed by atoms with Crippen molar-refractivity contribution in [1.29, 1.82) is 0 Å². The molecule has 0 amide bonds. The van der Waals surface area contributed by atoms with Crippen LogP contribution in [0, 0.1) is 47.3 Å². The van der Waals surface area contributed by atoms with Gasteiger partial charge in [0.05, 0.1) is 0 Å². The van der Waals surface area contributed by atoms with E-state index in [9.17, 15) is 4.79 Å². The Morgan fingerprint density at radius 2 is 1.54 bits per heavy atom. The van der Waals surface area contributed by atoms with Crippen LogP contribution in [0.15, 0.2) is 12.2 Å². The van der Waals surface area contributed by atoms with Gasteiger partial charge in [0.25, 0.3) is 0 Å². The predicted molar refractivity (Wildman–Crippen MR) is 99.6 cm³/mol. The van der Waals surface area contributed by atoms with E-state index in [1.165, 1.54) is 64.2 Å². The summed E-state index contributed by atoms with van der Waals surface area (Å²) in [6, 6.07) is 0. The average Bonchev–Trinajstić information content (AvgIpc) is 2.77. The van der Waals surface area contributed by atoms with Crippen LogP contribution < -0.4 is 0 Å². The fourth-order valence-electron chi connectivity index (χ4n) is 7.35. The predicted octanol–water partition coefficient (Wildman–Crippen LogP) is 6.04. The van der Waals surface area contributed by atoms with E-state index in [1.54, 1.807) is 0 Å². The molecule has 3 saturated carbocycles. The van der Waals surface area contributed by atoms with Gasteiger partial charge in [-0.1, -0.05) is 70.4 Å². The molecule has 3 fully saturated rings. The third-order valence-corrected chi connectivity index (χ3v) is 8.20. The summed E-state index contributed by atoms with van der Waals surface area (Å²) in [6.07, 6.45) is 19.2. The maximum absolute atomic E-state index is 12.2. The zero-order valence-electron chi connectivity index (χ0n) is 15.8. The van der Waals surface area contributed by atoms with Crippen molar-refractivity contribution in [2.24, 2.45) is 47.3 Å². The third-order valence-electron chi connectivity index (χ3n) is 8.20. The summed E-state index contributed by atoms with van der Waals surface area (Å²) in [4.78, 5) is 12.2. The number of ketones is 1. The van der Waals surface area contributed by atoms with Gasteiger partial charge in [0, 0.05) is 5.92 Å². The van der Waals surface area contributed by atoms with Crippen molar-refractivity contribution in [2.45, 2.75) is 78.1 Å². The second kappa shape index (κ2) is 6.96. The number of Topliss-reactive ketones (excluding diaryl/α,β-unsaturated/α-hetero) is 1. The Morgan fingerprint density at radius 3 is 2.25 bits per heavy atom. The molecule has 0 aromatic heterocycles. The van der Waals surface area contributed by atoms with Gasteiger partial charge < -0.3 is 0 Å². The molecule has 8 atom stereocenters. The Balaban J connectivity index is 1.25. The summed E-state index contributed by atoms with van der Waals surface area (Å²) < 4.78 is 0.